The zero-order chi connectivity index (χ0) is 13.8. The Morgan fingerprint density at radius 3 is 2.58 bits per heavy atom. The molecule has 1 aromatic rings. The van der Waals surface area contributed by atoms with Gasteiger partial charge in [0.15, 0.2) is 0 Å². The molecule has 1 heterocycles. The molecule has 0 saturated carbocycles. The number of carbonyl (C=O) groups excluding carboxylic acids is 1. The first kappa shape index (κ1) is 13.9. The molecule has 0 bridgehead atoms. The number of rotatable bonds is 3. The molecule has 1 amide bonds. The number of piperidine rings is 1. The van der Waals surface area contributed by atoms with Gasteiger partial charge in [0.25, 0.3) is 5.91 Å². The van der Waals surface area contributed by atoms with Gasteiger partial charge in [0.05, 0.1) is 0 Å². The zero-order valence-electron chi connectivity index (χ0n) is 12.0. The molecule has 1 aliphatic rings. The normalized spacial score (nSPS) is 19.6. The number of amides is 1. The van der Waals surface area contributed by atoms with Crippen LogP contribution in [-0.4, -0.2) is 56.0 Å². The van der Waals surface area contributed by atoms with Crippen molar-refractivity contribution in [3.63, 3.8) is 0 Å². The number of anilines is 1. The molecule has 1 saturated heterocycles. The first-order chi connectivity index (χ1) is 9.11. The van der Waals surface area contributed by atoms with Crippen LogP contribution in [0, 0.1) is 0 Å². The summed E-state index contributed by atoms with van der Waals surface area (Å²) in [6, 6.07) is 8.16. The van der Waals surface area contributed by atoms with E-state index in [1.165, 1.54) is 6.42 Å². The van der Waals surface area contributed by atoms with Crippen molar-refractivity contribution >= 4 is 11.6 Å². The molecule has 1 N–H and O–H groups in total. The minimum atomic E-state index is 0.147. The minimum absolute atomic E-state index is 0.147. The SMILES string of the molecule is CNc1ccc(C(=O)N2CCCC(N(C)C)C2)cc1. The van der Waals surface area contributed by atoms with Crippen LogP contribution in [0.1, 0.15) is 23.2 Å². The van der Waals surface area contributed by atoms with E-state index in [0.717, 1.165) is 30.8 Å². The van der Waals surface area contributed by atoms with Gasteiger partial charge in [-0.2, -0.15) is 0 Å². The Morgan fingerprint density at radius 1 is 1.32 bits per heavy atom. The highest BCUT2D eigenvalue weighted by molar-refractivity contribution is 5.94. The lowest BCUT2D eigenvalue weighted by atomic mass is 10.0. The molecule has 1 atom stereocenters. The van der Waals surface area contributed by atoms with Crippen molar-refractivity contribution in [2.24, 2.45) is 0 Å². The maximum Gasteiger partial charge on any atom is 0.253 e. The monoisotopic (exact) mass is 261 g/mol. The second-order valence-electron chi connectivity index (χ2n) is 5.34. The fourth-order valence-electron chi connectivity index (χ4n) is 2.52. The number of carbonyl (C=O) groups is 1. The van der Waals surface area contributed by atoms with Gasteiger partial charge in [0, 0.05) is 37.4 Å². The van der Waals surface area contributed by atoms with Crippen molar-refractivity contribution in [3.05, 3.63) is 29.8 Å². The molecule has 4 heteroatoms. The van der Waals surface area contributed by atoms with E-state index in [2.05, 4.69) is 24.3 Å². The van der Waals surface area contributed by atoms with Crippen LogP contribution >= 0.6 is 0 Å². The van der Waals surface area contributed by atoms with Crippen LogP contribution in [0.3, 0.4) is 0 Å². The Balaban J connectivity index is 2.05. The topological polar surface area (TPSA) is 35.6 Å². The molecule has 2 rings (SSSR count). The maximum atomic E-state index is 12.5. The number of hydrogen-bond donors (Lipinski definition) is 1. The molecule has 1 fully saturated rings. The second kappa shape index (κ2) is 6.06. The molecule has 1 aromatic carbocycles. The van der Waals surface area contributed by atoms with E-state index < -0.39 is 0 Å². The van der Waals surface area contributed by atoms with E-state index in [1.807, 2.05) is 36.2 Å². The average Bonchev–Trinajstić information content (AvgIpc) is 2.46. The third-order valence-electron chi connectivity index (χ3n) is 3.83. The molecule has 0 spiro atoms. The van der Waals surface area contributed by atoms with E-state index in [1.54, 1.807) is 0 Å². The smallest absolute Gasteiger partial charge is 0.253 e. The Kier molecular flexibility index (Phi) is 4.43. The van der Waals surface area contributed by atoms with Crippen molar-refractivity contribution < 1.29 is 4.79 Å². The first-order valence-corrected chi connectivity index (χ1v) is 6.85. The number of likely N-dealkylation sites (tertiary alicyclic amines) is 1. The summed E-state index contributed by atoms with van der Waals surface area (Å²) >= 11 is 0. The van der Waals surface area contributed by atoms with Gasteiger partial charge in [-0.3, -0.25) is 4.79 Å². The van der Waals surface area contributed by atoms with Crippen LogP contribution < -0.4 is 5.32 Å². The van der Waals surface area contributed by atoms with Crippen LogP contribution in [0.25, 0.3) is 0 Å². The summed E-state index contributed by atoms with van der Waals surface area (Å²) in [4.78, 5) is 16.6. The highest BCUT2D eigenvalue weighted by atomic mass is 16.2. The van der Waals surface area contributed by atoms with Gasteiger partial charge < -0.3 is 15.1 Å². The highest BCUT2D eigenvalue weighted by Crippen LogP contribution is 2.17. The number of nitrogens with one attached hydrogen (secondary N) is 1. The third-order valence-corrected chi connectivity index (χ3v) is 3.83. The van der Waals surface area contributed by atoms with E-state index in [0.29, 0.717) is 6.04 Å². The van der Waals surface area contributed by atoms with Crippen LogP contribution in [-0.2, 0) is 0 Å². The summed E-state index contributed by atoms with van der Waals surface area (Å²) in [7, 11) is 6.05. The minimum Gasteiger partial charge on any atom is -0.388 e. The number of hydrogen-bond acceptors (Lipinski definition) is 3. The number of likely N-dealkylation sites (N-methyl/N-ethyl adjacent to an activating group) is 1. The summed E-state index contributed by atoms with van der Waals surface area (Å²) in [5.41, 5.74) is 1.81. The molecule has 19 heavy (non-hydrogen) atoms. The summed E-state index contributed by atoms with van der Waals surface area (Å²) in [6.07, 6.45) is 2.26. The molecule has 0 aromatic heterocycles. The Labute approximate surface area is 115 Å². The van der Waals surface area contributed by atoms with Crippen molar-refractivity contribution in [2.75, 3.05) is 39.5 Å². The van der Waals surface area contributed by atoms with E-state index >= 15 is 0 Å². The fraction of sp³-hybridized carbons (Fsp3) is 0.533. The van der Waals surface area contributed by atoms with Crippen LogP contribution in [0.2, 0.25) is 0 Å². The lowest BCUT2D eigenvalue weighted by Gasteiger charge is -2.36. The van der Waals surface area contributed by atoms with Gasteiger partial charge in [-0.05, 0) is 51.2 Å². The molecule has 104 valence electrons. The predicted molar refractivity (Wildman–Crippen MR) is 78.6 cm³/mol. The van der Waals surface area contributed by atoms with Crippen molar-refractivity contribution in [3.8, 4) is 0 Å². The Bertz CT molecular complexity index is 428. The standard InChI is InChI=1S/C15H23N3O/c1-16-13-8-6-12(7-9-13)15(19)18-10-4-5-14(11-18)17(2)3/h6-9,14,16H,4-5,10-11H2,1-3H3. The number of benzene rings is 1. The van der Waals surface area contributed by atoms with Crippen LogP contribution in [0.4, 0.5) is 5.69 Å². The number of nitrogens with zero attached hydrogens (tertiary/aromatic N) is 2. The summed E-state index contributed by atoms with van der Waals surface area (Å²) < 4.78 is 0. The third kappa shape index (κ3) is 3.26. The molecular formula is C15H23N3O. The van der Waals surface area contributed by atoms with Crippen LogP contribution in [0.15, 0.2) is 24.3 Å². The quantitative estimate of drug-likeness (QED) is 0.902. The molecule has 0 aliphatic carbocycles. The van der Waals surface area contributed by atoms with Gasteiger partial charge in [-0.1, -0.05) is 0 Å². The lowest BCUT2D eigenvalue weighted by Crippen LogP contribution is -2.47. The van der Waals surface area contributed by atoms with Gasteiger partial charge in [0.2, 0.25) is 0 Å². The Hall–Kier alpha value is -1.55. The van der Waals surface area contributed by atoms with Gasteiger partial charge in [-0.15, -0.1) is 0 Å². The molecule has 4 nitrogen and oxygen atoms in total. The lowest BCUT2D eigenvalue weighted by molar-refractivity contribution is 0.0635. The van der Waals surface area contributed by atoms with Gasteiger partial charge >= 0.3 is 0 Å². The largest absolute Gasteiger partial charge is 0.388 e. The van der Waals surface area contributed by atoms with Gasteiger partial charge in [0.1, 0.15) is 0 Å². The molecule has 1 unspecified atom stereocenters. The average molecular weight is 261 g/mol. The Morgan fingerprint density at radius 2 is 2.00 bits per heavy atom. The van der Waals surface area contributed by atoms with Gasteiger partial charge in [-0.25, -0.2) is 0 Å². The first-order valence-electron chi connectivity index (χ1n) is 6.85. The molecule has 0 radical (unpaired) electrons. The second-order valence-corrected chi connectivity index (χ2v) is 5.34. The fourth-order valence-corrected chi connectivity index (χ4v) is 2.52. The van der Waals surface area contributed by atoms with E-state index in [-0.39, 0.29) is 5.91 Å². The van der Waals surface area contributed by atoms with E-state index in [9.17, 15) is 4.79 Å². The van der Waals surface area contributed by atoms with Crippen molar-refractivity contribution in [2.45, 2.75) is 18.9 Å². The zero-order valence-corrected chi connectivity index (χ0v) is 12.0. The molecule has 1 aliphatic heterocycles. The summed E-state index contributed by atoms with van der Waals surface area (Å²) in [6.45, 7) is 1.70. The maximum absolute atomic E-state index is 12.5. The summed E-state index contributed by atoms with van der Waals surface area (Å²) in [5.74, 6) is 0.147. The van der Waals surface area contributed by atoms with E-state index in [4.69, 9.17) is 0 Å². The molecular weight excluding hydrogens is 238 g/mol. The predicted octanol–water partition coefficient (Wildman–Crippen LogP) is 1.89. The van der Waals surface area contributed by atoms with Crippen molar-refractivity contribution in [1.82, 2.24) is 9.80 Å². The highest BCUT2D eigenvalue weighted by Gasteiger charge is 2.25. The summed E-state index contributed by atoms with van der Waals surface area (Å²) in [5, 5.41) is 3.06. The van der Waals surface area contributed by atoms with Crippen molar-refractivity contribution in [1.29, 1.82) is 0 Å². The van der Waals surface area contributed by atoms with Crippen LogP contribution in [0.5, 0.6) is 0 Å².